The highest BCUT2D eigenvalue weighted by Gasteiger charge is 2.29. The fourth-order valence-electron chi connectivity index (χ4n) is 3.35. The standard InChI is InChI=1S/C21H26N4O4/c1-24-15-18-13-19(7-6-16(18)12-17(21(24)28)14-20(26)27)29-11-5-9-23-25-10-4-2-3-8-22-25/h2-4,6-8,10,13,17,23H,5,9,11-12,14-15H2,1H3,(H,26,27). The van der Waals surface area contributed by atoms with Gasteiger partial charge in [0.05, 0.1) is 18.9 Å². The third kappa shape index (κ3) is 5.92. The molecule has 154 valence electrons. The number of carbonyl (C=O) groups excluding carboxylic acids is 1. The number of amides is 1. The molecule has 2 N–H and O–H groups in total. The second kappa shape index (κ2) is 9.88. The number of rotatable bonds is 8. The van der Waals surface area contributed by atoms with Crippen molar-refractivity contribution in [1.29, 1.82) is 0 Å². The van der Waals surface area contributed by atoms with Crippen LogP contribution in [0.5, 0.6) is 5.75 Å². The van der Waals surface area contributed by atoms with Crippen LogP contribution in [0.25, 0.3) is 0 Å². The van der Waals surface area contributed by atoms with E-state index in [0.29, 0.717) is 26.1 Å². The molecule has 8 heteroatoms. The normalized spacial score (nSPS) is 18.4. The second-order valence-corrected chi connectivity index (χ2v) is 7.07. The Labute approximate surface area is 170 Å². The maximum atomic E-state index is 12.4. The number of hydrogen-bond acceptors (Lipinski definition) is 6. The number of hydrogen-bond donors (Lipinski definition) is 2. The van der Waals surface area contributed by atoms with Gasteiger partial charge in [-0.05, 0) is 48.3 Å². The molecule has 2 aliphatic rings. The van der Waals surface area contributed by atoms with Crippen molar-refractivity contribution in [1.82, 2.24) is 15.4 Å². The second-order valence-electron chi connectivity index (χ2n) is 7.07. The fraction of sp³-hybridized carbons (Fsp3) is 0.381. The fourth-order valence-corrected chi connectivity index (χ4v) is 3.35. The van der Waals surface area contributed by atoms with Gasteiger partial charge in [-0.3, -0.25) is 9.59 Å². The van der Waals surface area contributed by atoms with Gasteiger partial charge < -0.3 is 14.7 Å². The van der Waals surface area contributed by atoms with Crippen LogP contribution in [0.2, 0.25) is 0 Å². The van der Waals surface area contributed by atoms with Crippen molar-refractivity contribution < 1.29 is 19.4 Å². The molecule has 1 unspecified atom stereocenters. The zero-order valence-electron chi connectivity index (χ0n) is 16.5. The van der Waals surface area contributed by atoms with Crippen LogP contribution in [0.3, 0.4) is 0 Å². The Hall–Kier alpha value is -3.13. The van der Waals surface area contributed by atoms with E-state index in [4.69, 9.17) is 9.84 Å². The van der Waals surface area contributed by atoms with Gasteiger partial charge in [0.1, 0.15) is 5.75 Å². The van der Waals surface area contributed by atoms with E-state index in [1.807, 2.05) is 42.6 Å². The van der Waals surface area contributed by atoms with E-state index >= 15 is 0 Å². The predicted octanol–water partition coefficient (Wildman–Crippen LogP) is 1.94. The van der Waals surface area contributed by atoms with Crippen molar-refractivity contribution in [3.8, 4) is 5.75 Å². The lowest BCUT2D eigenvalue weighted by Gasteiger charge is -2.18. The van der Waals surface area contributed by atoms with Crippen LogP contribution in [0.1, 0.15) is 24.0 Å². The largest absolute Gasteiger partial charge is 0.494 e. The van der Waals surface area contributed by atoms with Gasteiger partial charge >= 0.3 is 5.97 Å². The zero-order chi connectivity index (χ0) is 20.6. The zero-order valence-corrected chi connectivity index (χ0v) is 16.5. The molecule has 0 fully saturated rings. The summed E-state index contributed by atoms with van der Waals surface area (Å²) < 4.78 is 5.86. The molecule has 0 radical (unpaired) electrons. The SMILES string of the molecule is CN1Cc2cc(OCCCNN3C=CC=CC=N3)ccc2CC(CC(=O)O)C1=O. The van der Waals surface area contributed by atoms with Crippen LogP contribution in [0, 0.1) is 5.92 Å². The van der Waals surface area contributed by atoms with E-state index in [0.717, 1.165) is 23.3 Å². The van der Waals surface area contributed by atoms with Crippen LogP contribution in [0.4, 0.5) is 0 Å². The molecule has 0 saturated carbocycles. The highest BCUT2D eigenvalue weighted by atomic mass is 16.5. The maximum Gasteiger partial charge on any atom is 0.304 e. The van der Waals surface area contributed by atoms with Gasteiger partial charge in [-0.25, -0.2) is 10.5 Å². The Bertz CT molecular complexity index is 818. The van der Waals surface area contributed by atoms with Gasteiger partial charge in [0.2, 0.25) is 5.91 Å². The van der Waals surface area contributed by atoms with E-state index in [2.05, 4.69) is 10.5 Å². The third-order valence-corrected chi connectivity index (χ3v) is 4.79. The molecule has 1 aromatic rings. The molecule has 0 spiro atoms. The smallest absolute Gasteiger partial charge is 0.304 e. The molecule has 2 heterocycles. The minimum Gasteiger partial charge on any atom is -0.494 e. The molecule has 0 saturated heterocycles. The monoisotopic (exact) mass is 398 g/mol. The lowest BCUT2D eigenvalue weighted by molar-refractivity contribution is -0.143. The van der Waals surface area contributed by atoms with Crippen molar-refractivity contribution in [2.45, 2.75) is 25.8 Å². The van der Waals surface area contributed by atoms with Crippen molar-refractivity contribution in [2.75, 3.05) is 20.2 Å². The van der Waals surface area contributed by atoms with E-state index in [1.165, 1.54) is 0 Å². The first-order valence-electron chi connectivity index (χ1n) is 9.64. The number of fused-ring (bicyclic) bond motifs is 1. The van der Waals surface area contributed by atoms with Gasteiger partial charge in [-0.2, -0.15) is 5.10 Å². The number of hydrazone groups is 1. The summed E-state index contributed by atoms with van der Waals surface area (Å²) in [5, 5.41) is 14.9. The third-order valence-electron chi connectivity index (χ3n) is 4.79. The summed E-state index contributed by atoms with van der Waals surface area (Å²) in [5.74, 6) is -0.857. The van der Waals surface area contributed by atoms with Crippen molar-refractivity contribution in [3.63, 3.8) is 0 Å². The minimum absolute atomic E-state index is 0.127. The number of hydrazine groups is 1. The number of benzene rings is 1. The number of aliphatic carboxylic acids is 1. The van der Waals surface area contributed by atoms with E-state index < -0.39 is 11.9 Å². The highest BCUT2D eigenvalue weighted by molar-refractivity contribution is 5.84. The number of carboxylic acid groups (broad SMARTS) is 1. The quantitative estimate of drug-likeness (QED) is 0.650. The summed E-state index contributed by atoms with van der Waals surface area (Å²) in [6, 6.07) is 5.77. The Morgan fingerprint density at radius 3 is 3.00 bits per heavy atom. The average molecular weight is 398 g/mol. The summed E-state index contributed by atoms with van der Waals surface area (Å²) in [6.45, 7) is 1.71. The summed E-state index contributed by atoms with van der Waals surface area (Å²) in [4.78, 5) is 25.1. The van der Waals surface area contributed by atoms with Crippen molar-refractivity contribution in [2.24, 2.45) is 11.0 Å². The maximum absolute atomic E-state index is 12.4. The average Bonchev–Trinajstić information content (AvgIpc) is 3.01. The Kier molecular flexibility index (Phi) is 7.02. The number of carbonyl (C=O) groups is 2. The molecular formula is C21H26N4O4. The summed E-state index contributed by atoms with van der Waals surface area (Å²) >= 11 is 0. The summed E-state index contributed by atoms with van der Waals surface area (Å²) in [6.07, 6.45) is 10.3. The Balaban J connectivity index is 1.52. The van der Waals surface area contributed by atoms with Crippen molar-refractivity contribution >= 4 is 18.1 Å². The van der Waals surface area contributed by atoms with Gasteiger partial charge in [-0.1, -0.05) is 12.1 Å². The van der Waals surface area contributed by atoms with Crippen LogP contribution in [-0.4, -0.2) is 53.4 Å². The van der Waals surface area contributed by atoms with E-state index in [9.17, 15) is 9.59 Å². The molecule has 29 heavy (non-hydrogen) atoms. The van der Waals surface area contributed by atoms with E-state index in [1.54, 1.807) is 23.3 Å². The van der Waals surface area contributed by atoms with Gasteiger partial charge in [0, 0.05) is 32.6 Å². The summed E-state index contributed by atoms with van der Waals surface area (Å²) in [7, 11) is 1.71. The first-order valence-corrected chi connectivity index (χ1v) is 9.64. The van der Waals surface area contributed by atoms with Gasteiger partial charge in [0.15, 0.2) is 0 Å². The number of carboxylic acids is 1. The first kappa shape index (κ1) is 20.6. The van der Waals surface area contributed by atoms with Gasteiger partial charge in [-0.15, -0.1) is 0 Å². The predicted molar refractivity (Wildman–Crippen MR) is 109 cm³/mol. The summed E-state index contributed by atoms with van der Waals surface area (Å²) in [5.41, 5.74) is 5.18. The first-order chi connectivity index (χ1) is 14.0. The van der Waals surface area contributed by atoms with Crippen LogP contribution < -0.4 is 10.2 Å². The Morgan fingerprint density at radius 2 is 2.17 bits per heavy atom. The van der Waals surface area contributed by atoms with Crippen LogP contribution in [0.15, 0.2) is 47.7 Å². The van der Waals surface area contributed by atoms with Gasteiger partial charge in [0.25, 0.3) is 0 Å². The van der Waals surface area contributed by atoms with E-state index in [-0.39, 0.29) is 12.3 Å². The van der Waals surface area contributed by atoms with Crippen molar-refractivity contribution in [3.05, 3.63) is 53.8 Å². The molecule has 2 aliphatic heterocycles. The molecule has 0 bridgehead atoms. The van der Waals surface area contributed by atoms with Crippen LogP contribution >= 0.6 is 0 Å². The highest BCUT2D eigenvalue weighted by Crippen LogP contribution is 2.27. The number of nitrogens with one attached hydrogen (secondary N) is 1. The number of nitrogens with zero attached hydrogens (tertiary/aromatic N) is 3. The molecule has 3 rings (SSSR count). The Morgan fingerprint density at radius 1 is 1.31 bits per heavy atom. The molecule has 1 amide bonds. The topological polar surface area (TPSA) is 94.5 Å². The lowest BCUT2D eigenvalue weighted by atomic mass is 9.94. The molecule has 8 nitrogen and oxygen atoms in total. The number of ether oxygens (including phenoxy) is 1. The van der Waals surface area contributed by atoms with Crippen LogP contribution in [-0.2, 0) is 22.6 Å². The molecule has 1 atom stereocenters. The molecule has 0 aromatic heterocycles. The molecular weight excluding hydrogens is 372 g/mol. The number of allylic oxidation sites excluding steroid dienone is 3. The molecule has 0 aliphatic carbocycles. The lowest BCUT2D eigenvalue weighted by Crippen LogP contribution is -2.32. The molecule has 1 aromatic carbocycles. The minimum atomic E-state index is -0.952.